The van der Waals surface area contributed by atoms with Crippen LogP contribution in [0.2, 0.25) is 15.1 Å². The van der Waals surface area contributed by atoms with Crippen LogP contribution < -0.4 is 0 Å². The van der Waals surface area contributed by atoms with Crippen LogP contribution in [0.15, 0.2) is 41.3 Å². The lowest BCUT2D eigenvalue weighted by atomic mass is 10.2. The van der Waals surface area contributed by atoms with Gasteiger partial charge < -0.3 is 4.74 Å². The van der Waals surface area contributed by atoms with Crippen LogP contribution in [0.5, 0.6) is 0 Å². The molecule has 0 bridgehead atoms. The zero-order valence-electron chi connectivity index (χ0n) is 13.3. The molecule has 2 aromatic carbocycles. The van der Waals surface area contributed by atoms with Crippen molar-refractivity contribution in [3.63, 3.8) is 0 Å². The molecule has 0 radical (unpaired) electrons. The normalized spacial score (nSPS) is 11.6. The zero-order chi connectivity index (χ0) is 18.8. The minimum atomic E-state index is -3.78. The number of carbonyl (C=O) groups is 1. The fourth-order valence-electron chi connectivity index (χ4n) is 1.89. The van der Waals surface area contributed by atoms with Gasteiger partial charge in [0.05, 0.1) is 10.6 Å². The second-order valence-electron chi connectivity index (χ2n) is 5.24. The highest BCUT2D eigenvalue weighted by molar-refractivity contribution is 7.89. The lowest BCUT2D eigenvalue weighted by molar-refractivity contribution is 0.0472. The predicted octanol–water partition coefficient (Wildman–Crippen LogP) is 4.25. The first-order chi connectivity index (χ1) is 11.6. The van der Waals surface area contributed by atoms with Crippen LogP contribution in [0, 0.1) is 0 Å². The molecule has 0 heterocycles. The third kappa shape index (κ3) is 4.65. The maximum atomic E-state index is 12.2. The molecular formula is C16H14Cl3NO4S. The summed E-state index contributed by atoms with van der Waals surface area (Å²) >= 11 is 17.8. The van der Waals surface area contributed by atoms with Crippen LogP contribution >= 0.6 is 34.8 Å². The summed E-state index contributed by atoms with van der Waals surface area (Å²) in [4.78, 5) is 12.0. The molecule has 0 fully saturated rings. The molecule has 0 saturated heterocycles. The van der Waals surface area contributed by atoms with Gasteiger partial charge in [0.1, 0.15) is 11.5 Å². The van der Waals surface area contributed by atoms with Crippen molar-refractivity contribution in [2.45, 2.75) is 11.5 Å². The van der Waals surface area contributed by atoms with Crippen molar-refractivity contribution in [3.05, 3.63) is 62.6 Å². The molecule has 0 aliphatic heterocycles. The Morgan fingerprint density at radius 3 is 2.32 bits per heavy atom. The van der Waals surface area contributed by atoms with E-state index in [0.29, 0.717) is 15.6 Å². The summed E-state index contributed by atoms with van der Waals surface area (Å²) in [6.45, 7) is -0.0762. The topological polar surface area (TPSA) is 63.7 Å². The Balaban J connectivity index is 2.23. The van der Waals surface area contributed by atoms with E-state index in [4.69, 9.17) is 39.5 Å². The smallest absolute Gasteiger partial charge is 0.338 e. The van der Waals surface area contributed by atoms with Gasteiger partial charge in [0, 0.05) is 29.7 Å². The molecule has 0 aromatic heterocycles. The minimum Gasteiger partial charge on any atom is -0.457 e. The summed E-state index contributed by atoms with van der Waals surface area (Å²) in [5.41, 5.74) is 0.643. The third-order valence-corrected chi connectivity index (χ3v) is 6.18. The van der Waals surface area contributed by atoms with Crippen molar-refractivity contribution in [2.24, 2.45) is 0 Å². The van der Waals surface area contributed by atoms with Gasteiger partial charge in [0.25, 0.3) is 0 Å². The monoisotopic (exact) mass is 421 g/mol. The van der Waals surface area contributed by atoms with Gasteiger partial charge in [-0.3, -0.25) is 0 Å². The molecule has 0 atom stereocenters. The Morgan fingerprint density at radius 2 is 1.72 bits per heavy atom. The first-order valence-electron chi connectivity index (χ1n) is 6.96. The Bertz CT molecular complexity index is 914. The van der Waals surface area contributed by atoms with Crippen molar-refractivity contribution in [1.82, 2.24) is 4.31 Å². The van der Waals surface area contributed by atoms with Crippen molar-refractivity contribution in [1.29, 1.82) is 0 Å². The summed E-state index contributed by atoms with van der Waals surface area (Å²) in [5.74, 6) is -0.696. The number of nitrogens with zero attached hydrogens (tertiary/aromatic N) is 1. The molecule has 0 N–H and O–H groups in total. The second-order valence-corrected chi connectivity index (χ2v) is 8.62. The summed E-state index contributed by atoms with van der Waals surface area (Å²) in [6, 6.07) is 8.72. The molecule has 0 unspecified atom stereocenters. The summed E-state index contributed by atoms with van der Waals surface area (Å²) in [7, 11) is -1.04. The SMILES string of the molecule is CN(C)S(=O)(=O)c1cc(C(=O)OCc2ccc(Cl)cc2Cl)ccc1Cl. The molecule has 25 heavy (non-hydrogen) atoms. The Kier molecular flexibility index (Phi) is 6.35. The number of rotatable bonds is 5. The number of benzene rings is 2. The van der Waals surface area contributed by atoms with Gasteiger partial charge in [-0.2, -0.15) is 0 Å². The number of esters is 1. The Morgan fingerprint density at radius 1 is 1.04 bits per heavy atom. The predicted molar refractivity (Wildman–Crippen MR) is 97.9 cm³/mol. The minimum absolute atomic E-state index is 0.0194. The standard InChI is InChI=1S/C16H14Cl3NO4S/c1-20(2)25(22,23)15-7-10(4-6-13(15)18)16(21)24-9-11-3-5-12(17)8-14(11)19/h3-8H,9H2,1-2H3. The van der Waals surface area contributed by atoms with Gasteiger partial charge in [0.15, 0.2) is 0 Å². The number of sulfonamides is 1. The average molecular weight is 423 g/mol. The van der Waals surface area contributed by atoms with Crippen LogP contribution in [0.3, 0.4) is 0 Å². The summed E-state index contributed by atoms with van der Waals surface area (Å²) < 4.78 is 30.7. The van der Waals surface area contributed by atoms with Gasteiger partial charge in [0.2, 0.25) is 10.0 Å². The van der Waals surface area contributed by atoms with E-state index in [-0.39, 0.29) is 22.1 Å². The molecule has 9 heteroatoms. The lowest BCUT2D eigenvalue weighted by Crippen LogP contribution is -2.23. The maximum absolute atomic E-state index is 12.2. The van der Waals surface area contributed by atoms with E-state index in [1.807, 2.05) is 0 Å². The van der Waals surface area contributed by atoms with E-state index in [2.05, 4.69) is 0 Å². The van der Waals surface area contributed by atoms with E-state index in [0.717, 1.165) is 4.31 Å². The molecular weight excluding hydrogens is 409 g/mol. The quantitative estimate of drug-likeness (QED) is 0.676. The zero-order valence-corrected chi connectivity index (χ0v) is 16.4. The van der Waals surface area contributed by atoms with Crippen LogP contribution in [0.1, 0.15) is 15.9 Å². The lowest BCUT2D eigenvalue weighted by Gasteiger charge is -2.14. The highest BCUT2D eigenvalue weighted by Gasteiger charge is 2.23. The largest absolute Gasteiger partial charge is 0.457 e. The van der Waals surface area contributed by atoms with Gasteiger partial charge in [-0.15, -0.1) is 0 Å². The van der Waals surface area contributed by atoms with E-state index in [1.54, 1.807) is 12.1 Å². The van der Waals surface area contributed by atoms with Crippen LogP contribution in [-0.4, -0.2) is 32.8 Å². The van der Waals surface area contributed by atoms with Crippen molar-refractivity contribution >= 4 is 50.8 Å². The second kappa shape index (κ2) is 7.93. The van der Waals surface area contributed by atoms with Gasteiger partial charge >= 0.3 is 5.97 Å². The fraction of sp³-hybridized carbons (Fsp3) is 0.188. The number of hydrogen-bond donors (Lipinski definition) is 0. The third-order valence-electron chi connectivity index (χ3n) is 3.30. The average Bonchev–Trinajstić information content (AvgIpc) is 2.53. The van der Waals surface area contributed by atoms with E-state index >= 15 is 0 Å². The molecule has 0 amide bonds. The van der Waals surface area contributed by atoms with Crippen LogP contribution in [0.25, 0.3) is 0 Å². The van der Waals surface area contributed by atoms with Gasteiger partial charge in [-0.1, -0.05) is 40.9 Å². The highest BCUT2D eigenvalue weighted by Crippen LogP contribution is 2.26. The van der Waals surface area contributed by atoms with Crippen LogP contribution in [-0.2, 0) is 21.4 Å². The number of carbonyl (C=O) groups excluding carboxylic acids is 1. The summed E-state index contributed by atoms with van der Waals surface area (Å²) in [6.07, 6.45) is 0. The maximum Gasteiger partial charge on any atom is 0.338 e. The molecule has 0 spiro atoms. The van der Waals surface area contributed by atoms with E-state index in [9.17, 15) is 13.2 Å². The molecule has 134 valence electrons. The van der Waals surface area contributed by atoms with Crippen molar-refractivity contribution in [3.8, 4) is 0 Å². The first kappa shape index (κ1) is 20.0. The highest BCUT2D eigenvalue weighted by atomic mass is 35.5. The summed E-state index contributed by atoms with van der Waals surface area (Å²) in [5, 5.41) is 0.856. The van der Waals surface area contributed by atoms with Crippen molar-refractivity contribution in [2.75, 3.05) is 14.1 Å². The number of hydrogen-bond acceptors (Lipinski definition) is 4. The van der Waals surface area contributed by atoms with E-state index in [1.165, 1.54) is 38.4 Å². The van der Waals surface area contributed by atoms with Gasteiger partial charge in [-0.05, 0) is 30.3 Å². The van der Waals surface area contributed by atoms with Crippen molar-refractivity contribution < 1.29 is 17.9 Å². The van der Waals surface area contributed by atoms with Crippen LogP contribution in [0.4, 0.5) is 0 Å². The molecule has 0 aliphatic carbocycles. The van der Waals surface area contributed by atoms with E-state index < -0.39 is 16.0 Å². The first-order valence-corrected chi connectivity index (χ1v) is 9.53. The number of ether oxygens (including phenoxy) is 1. The fourth-order valence-corrected chi connectivity index (χ4v) is 3.75. The molecule has 2 rings (SSSR count). The molecule has 0 aliphatic rings. The molecule has 2 aromatic rings. The molecule has 0 saturated carbocycles. The molecule has 5 nitrogen and oxygen atoms in total. The van der Waals surface area contributed by atoms with Gasteiger partial charge in [-0.25, -0.2) is 17.5 Å². The number of halogens is 3. The Labute approximate surface area is 161 Å². The Hall–Kier alpha value is -1.31.